The van der Waals surface area contributed by atoms with E-state index in [2.05, 4.69) is 0 Å². The average Bonchev–Trinajstić information content (AvgIpc) is 2.89. The number of para-hydroxylation sites is 1. The minimum atomic E-state index is 0.0974. The van der Waals surface area contributed by atoms with Crippen molar-refractivity contribution in [3.8, 4) is 11.5 Å². The molecule has 0 amide bonds. The molecular weight excluding hydrogens is 232 g/mol. The molecule has 0 bridgehead atoms. The standard InChI is InChI=1S/C14H18O4/c1-16-14-11(5-3-8-15)4-2-6-13(14)18-12-7-9-17-10-12/h2,4,6,8,12H,3,5,7,9-10H2,1H3. The average molecular weight is 250 g/mol. The van der Waals surface area contributed by atoms with E-state index in [-0.39, 0.29) is 6.10 Å². The van der Waals surface area contributed by atoms with Crippen molar-refractivity contribution in [3.63, 3.8) is 0 Å². The second kappa shape index (κ2) is 6.40. The summed E-state index contributed by atoms with van der Waals surface area (Å²) in [7, 11) is 1.62. The van der Waals surface area contributed by atoms with E-state index >= 15 is 0 Å². The highest BCUT2D eigenvalue weighted by Crippen LogP contribution is 2.33. The van der Waals surface area contributed by atoms with Gasteiger partial charge in [-0.1, -0.05) is 12.1 Å². The first-order chi connectivity index (χ1) is 8.85. The highest BCUT2D eigenvalue weighted by Gasteiger charge is 2.19. The fourth-order valence-electron chi connectivity index (χ4n) is 2.08. The van der Waals surface area contributed by atoms with E-state index in [1.807, 2.05) is 18.2 Å². The second-order valence-corrected chi connectivity index (χ2v) is 4.26. The predicted molar refractivity (Wildman–Crippen MR) is 67.2 cm³/mol. The first kappa shape index (κ1) is 12.9. The largest absolute Gasteiger partial charge is 0.493 e. The molecule has 0 saturated carbocycles. The molecule has 0 aliphatic carbocycles. The molecule has 1 aromatic carbocycles. The number of carbonyl (C=O) groups is 1. The Kier molecular flexibility index (Phi) is 4.59. The number of methoxy groups -OCH3 is 1. The van der Waals surface area contributed by atoms with Crippen LogP contribution in [-0.2, 0) is 16.0 Å². The van der Waals surface area contributed by atoms with Crippen molar-refractivity contribution in [1.29, 1.82) is 0 Å². The number of carbonyl (C=O) groups excluding carboxylic acids is 1. The first-order valence-corrected chi connectivity index (χ1v) is 6.19. The summed E-state index contributed by atoms with van der Waals surface area (Å²) in [5.41, 5.74) is 1.00. The molecule has 18 heavy (non-hydrogen) atoms. The van der Waals surface area contributed by atoms with Crippen LogP contribution in [0.25, 0.3) is 0 Å². The lowest BCUT2D eigenvalue weighted by molar-refractivity contribution is -0.107. The van der Waals surface area contributed by atoms with Gasteiger partial charge < -0.3 is 19.0 Å². The van der Waals surface area contributed by atoms with Crippen LogP contribution in [0.3, 0.4) is 0 Å². The zero-order chi connectivity index (χ0) is 12.8. The quantitative estimate of drug-likeness (QED) is 0.724. The number of ether oxygens (including phenoxy) is 3. The molecule has 2 rings (SSSR count). The molecule has 1 heterocycles. The van der Waals surface area contributed by atoms with Crippen LogP contribution in [0.5, 0.6) is 11.5 Å². The van der Waals surface area contributed by atoms with E-state index in [0.717, 1.165) is 36.4 Å². The summed E-state index contributed by atoms with van der Waals surface area (Å²) < 4.78 is 16.6. The van der Waals surface area contributed by atoms with E-state index in [9.17, 15) is 4.79 Å². The highest BCUT2D eigenvalue weighted by atomic mass is 16.6. The van der Waals surface area contributed by atoms with E-state index in [1.165, 1.54) is 0 Å². The van der Waals surface area contributed by atoms with Gasteiger partial charge in [-0.05, 0) is 18.1 Å². The fourth-order valence-corrected chi connectivity index (χ4v) is 2.08. The van der Waals surface area contributed by atoms with Gasteiger partial charge in [0, 0.05) is 12.8 Å². The van der Waals surface area contributed by atoms with Crippen LogP contribution in [0.1, 0.15) is 18.4 Å². The Morgan fingerprint density at radius 1 is 1.50 bits per heavy atom. The van der Waals surface area contributed by atoms with Crippen molar-refractivity contribution in [2.45, 2.75) is 25.4 Å². The Morgan fingerprint density at radius 2 is 2.39 bits per heavy atom. The maximum atomic E-state index is 10.5. The Hall–Kier alpha value is -1.55. The maximum Gasteiger partial charge on any atom is 0.163 e. The minimum Gasteiger partial charge on any atom is -0.493 e. The lowest BCUT2D eigenvalue weighted by Crippen LogP contribution is -2.16. The molecule has 4 nitrogen and oxygen atoms in total. The molecule has 1 unspecified atom stereocenters. The minimum absolute atomic E-state index is 0.0974. The molecule has 0 radical (unpaired) electrons. The Labute approximate surface area is 107 Å². The molecule has 4 heteroatoms. The van der Waals surface area contributed by atoms with Gasteiger partial charge in [-0.25, -0.2) is 0 Å². The van der Waals surface area contributed by atoms with Crippen molar-refractivity contribution in [2.24, 2.45) is 0 Å². The van der Waals surface area contributed by atoms with Crippen LogP contribution in [0.2, 0.25) is 0 Å². The van der Waals surface area contributed by atoms with Crippen LogP contribution < -0.4 is 9.47 Å². The summed E-state index contributed by atoms with van der Waals surface area (Å²) in [6, 6.07) is 5.77. The van der Waals surface area contributed by atoms with Crippen molar-refractivity contribution < 1.29 is 19.0 Å². The van der Waals surface area contributed by atoms with E-state index in [4.69, 9.17) is 14.2 Å². The normalized spacial score (nSPS) is 18.6. The van der Waals surface area contributed by atoms with Gasteiger partial charge in [0.25, 0.3) is 0 Å². The van der Waals surface area contributed by atoms with Gasteiger partial charge in [-0.15, -0.1) is 0 Å². The summed E-state index contributed by atoms with van der Waals surface area (Å²) in [6.45, 7) is 1.37. The van der Waals surface area contributed by atoms with Crippen LogP contribution in [-0.4, -0.2) is 32.7 Å². The molecule has 1 aliphatic rings. The Balaban J connectivity index is 2.14. The maximum absolute atomic E-state index is 10.5. The third kappa shape index (κ3) is 3.01. The molecule has 1 aliphatic heterocycles. The topological polar surface area (TPSA) is 44.8 Å². The summed E-state index contributed by atoms with van der Waals surface area (Å²) in [6.07, 6.45) is 3.08. The Morgan fingerprint density at radius 3 is 3.06 bits per heavy atom. The molecule has 0 spiro atoms. The summed E-state index contributed by atoms with van der Waals surface area (Å²) in [5, 5.41) is 0. The van der Waals surface area contributed by atoms with E-state index in [1.54, 1.807) is 7.11 Å². The third-order valence-electron chi connectivity index (χ3n) is 2.98. The van der Waals surface area contributed by atoms with E-state index in [0.29, 0.717) is 19.4 Å². The number of rotatable bonds is 6. The van der Waals surface area contributed by atoms with Crippen LogP contribution in [0.15, 0.2) is 18.2 Å². The predicted octanol–water partition coefficient (Wildman–Crippen LogP) is 1.99. The smallest absolute Gasteiger partial charge is 0.163 e. The monoisotopic (exact) mass is 250 g/mol. The van der Waals surface area contributed by atoms with Crippen LogP contribution in [0, 0.1) is 0 Å². The highest BCUT2D eigenvalue weighted by molar-refractivity contribution is 5.53. The molecule has 0 aromatic heterocycles. The third-order valence-corrected chi connectivity index (χ3v) is 2.98. The summed E-state index contributed by atoms with van der Waals surface area (Å²) >= 11 is 0. The van der Waals surface area contributed by atoms with Gasteiger partial charge in [0.2, 0.25) is 0 Å². The first-order valence-electron chi connectivity index (χ1n) is 6.19. The van der Waals surface area contributed by atoms with Crippen molar-refractivity contribution in [3.05, 3.63) is 23.8 Å². The summed E-state index contributed by atoms with van der Waals surface area (Å²) in [4.78, 5) is 10.5. The van der Waals surface area contributed by atoms with Crippen LogP contribution in [0.4, 0.5) is 0 Å². The van der Waals surface area contributed by atoms with Crippen molar-refractivity contribution in [1.82, 2.24) is 0 Å². The molecule has 1 aromatic rings. The van der Waals surface area contributed by atoms with Crippen molar-refractivity contribution in [2.75, 3.05) is 20.3 Å². The molecule has 1 fully saturated rings. The van der Waals surface area contributed by atoms with Gasteiger partial charge in [-0.3, -0.25) is 0 Å². The van der Waals surface area contributed by atoms with E-state index < -0.39 is 0 Å². The molecule has 0 N–H and O–H groups in total. The zero-order valence-corrected chi connectivity index (χ0v) is 10.6. The SMILES string of the molecule is COc1c(CCC=O)cccc1OC1CCOC1. The second-order valence-electron chi connectivity index (χ2n) is 4.26. The lowest BCUT2D eigenvalue weighted by atomic mass is 10.1. The number of hydrogen-bond acceptors (Lipinski definition) is 4. The number of benzene rings is 1. The van der Waals surface area contributed by atoms with Gasteiger partial charge in [0.15, 0.2) is 11.5 Å². The van der Waals surface area contributed by atoms with Crippen molar-refractivity contribution >= 4 is 6.29 Å². The molecular formula is C14H18O4. The van der Waals surface area contributed by atoms with Gasteiger partial charge in [0.1, 0.15) is 12.4 Å². The molecule has 1 atom stereocenters. The van der Waals surface area contributed by atoms with Gasteiger partial charge >= 0.3 is 0 Å². The number of aldehydes is 1. The molecule has 1 saturated heterocycles. The zero-order valence-electron chi connectivity index (χ0n) is 10.6. The lowest BCUT2D eigenvalue weighted by Gasteiger charge is -2.17. The number of hydrogen-bond donors (Lipinski definition) is 0. The van der Waals surface area contributed by atoms with Gasteiger partial charge in [-0.2, -0.15) is 0 Å². The number of aryl methyl sites for hydroxylation is 1. The van der Waals surface area contributed by atoms with Gasteiger partial charge in [0.05, 0.1) is 20.3 Å². The van der Waals surface area contributed by atoms with Crippen LogP contribution >= 0.6 is 0 Å². The molecule has 98 valence electrons. The summed E-state index contributed by atoms with van der Waals surface area (Å²) in [5.74, 6) is 1.46. The Bertz CT molecular complexity index is 397. The fraction of sp³-hybridized carbons (Fsp3) is 0.500.